The van der Waals surface area contributed by atoms with Crippen molar-refractivity contribution >= 4 is 5.91 Å². The normalized spacial score (nSPS) is 13.9. The summed E-state index contributed by atoms with van der Waals surface area (Å²) in [4.78, 5) is 13.2. The van der Waals surface area contributed by atoms with Crippen LogP contribution >= 0.6 is 0 Å². The zero-order valence-electron chi connectivity index (χ0n) is 11.6. The third-order valence-electron chi connectivity index (χ3n) is 2.71. The molecule has 0 bridgehead atoms. The molecular weight excluding hydrogens is 230 g/mol. The minimum Gasteiger partial charge on any atom is -0.481 e. The van der Waals surface area contributed by atoms with E-state index in [1.165, 1.54) is 4.90 Å². The second-order valence-corrected chi connectivity index (χ2v) is 4.71. The van der Waals surface area contributed by atoms with E-state index in [1.54, 1.807) is 34.0 Å². The van der Waals surface area contributed by atoms with E-state index in [-0.39, 0.29) is 5.91 Å². The molecule has 0 spiro atoms. The average molecular weight is 251 g/mol. The fraction of sp³-hybridized carbons (Fsp3) is 0.500. The highest BCUT2D eigenvalue weighted by Gasteiger charge is 2.19. The first-order valence-electron chi connectivity index (χ1n) is 5.99. The summed E-state index contributed by atoms with van der Waals surface area (Å²) in [6, 6.07) is 5.55. The molecule has 0 heterocycles. The largest absolute Gasteiger partial charge is 0.481 e. The van der Waals surface area contributed by atoms with Gasteiger partial charge < -0.3 is 14.7 Å². The molecule has 0 aliphatic carbocycles. The van der Waals surface area contributed by atoms with E-state index < -0.39 is 12.2 Å². The Kier molecular flexibility index (Phi) is 4.73. The van der Waals surface area contributed by atoms with Crippen molar-refractivity contribution < 1.29 is 14.6 Å². The lowest BCUT2D eigenvalue weighted by Crippen LogP contribution is -2.35. The zero-order valence-corrected chi connectivity index (χ0v) is 11.6. The van der Waals surface area contributed by atoms with Gasteiger partial charge in [0.25, 0.3) is 5.91 Å². The van der Waals surface area contributed by atoms with Crippen LogP contribution < -0.4 is 4.74 Å². The van der Waals surface area contributed by atoms with Crippen molar-refractivity contribution in [3.8, 4) is 5.75 Å². The fourth-order valence-electron chi connectivity index (χ4n) is 1.71. The Morgan fingerprint density at radius 2 is 1.94 bits per heavy atom. The first-order chi connectivity index (χ1) is 8.32. The van der Waals surface area contributed by atoms with Gasteiger partial charge in [0, 0.05) is 19.7 Å². The molecule has 1 unspecified atom stereocenters. The molecule has 1 aromatic rings. The summed E-state index contributed by atoms with van der Waals surface area (Å²) < 4.78 is 5.63. The number of benzene rings is 1. The van der Waals surface area contributed by atoms with Crippen LogP contribution in [0.4, 0.5) is 0 Å². The lowest BCUT2D eigenvalue weighted by Gasteiger charge is -2.21. The Hall–Kier alpha value is -1.55. The maximum atomic E-state index is 11.7. The van der Waals surface area contributed by atoms with Gasteiger partial charge in [0.05, 0.1) is 6.10 Å². The van der Waals surface area contributed by atoms with E-state index in [9.17, 15) is 9.90 Å². The van der Waals surface area contributed by atoms with Gasteiger partial charge in [0.2, 0.25) is 0 Å². The zero-order chi connectivity index (χ0) is 13.9. The van der Waals surface area contributed by atoms with Crippen LogP contribution in [0.2, 0.25) is 0 Å². The molecule has 0 fully saturated rings. The van der Waals surface area contributed by atoms with Crippen molar-refractivity contribution in [3.05, 3.63) is 29.3 Å². The number of carbonyl (C=O) groups excluding carboxylic acids is 1. The number of hydrogen-bond donors (Lipinski definition) is 1. The van der Waals surface area contributed by atoms with Gasteiger partial charge in [-0.05, 0) is 32.9 Å². The number of hydrogen-bond acceptors (Lipinski definition) is 3. The van der Waals surface area contributed by atoms with E-state index in [2.05, 4.69) is 0 Å². The molecule has 0 radical (unpaired) electrons. The summed E-state index contributed by atoms with van der Waals surface area (Å²) in [6.45, 7) is 5.33. The molecule has 0 aliphatic heterocycles. The molecule has 1 N–H and O–H groups in total. The van der Waals surface area contributed by atoms with Crippen LogP contribution in [0.3, 0.4) is 0 Å². The summed E-state index contributed by atoms with van der Waals surface area (Å²) >= 11 is 0. The van der Waals surface area contributed by atoms with Crippen LogP contribution in [0.15, 0.2) is 18.2 Å². The lowest BCUT2D eigenvalue weighted by atomic mass is 10.1. The Morgan fingerprint density at radius 1 is 1.33 bits per heavy atom. The highest BCUT2D eigenvalue weighted by molar-refractivity contribution is 5.80. The minimum atomic E-state index is -0.624. The molecule has 1 amide bonds. The standard InChI is InChI=1S/C14H21NO3/c1-9-6-7-13(12(8-9)10(2)16)18-11(3)14(17)15(4)5/h6-8,10-11,16H,1-5H3/t10-,11?/m1/s1. The highest BCUT2D eigenvalue weighted by atomic mass is 16.5. The molecule has 0 aliphatic rings. The van der Waals surface area contributed by atoms with E-state index >= 15 is 0 Å². The van der Waals surface area contributed by atoms with Crippen LogP contribution in [0, 0.1) is 6.92 Å². The first-order valence-corrected chi connectivity index (χ1v) is 5.99. The van der Waals surface area contributed by atoms with Gasteiger partial charge in [0.1, 0.15) is 5.75 Å². The van der Waals surface area contributed by atoms with Gasteiger partial charge in [0.15, 0.2) is 6.10 Å². The number of aryl methyl sites for hydroxylation is 1. The molecule has 1 aromatic carbocycles. The van der Waals surface area contributed by atoms with Crippen LogP contribution in [0.25, 0.3) is 0 Å². The Balaban J connectivity index is 2.94. The van der Waals surface area contributed by atoms with Crippen LogP contribution in [-0.2, 0) is 4.79 Å². The highest BCUT2D eigenvalue weighted by Crippen LogP contribution is 2.27. The monoisotopic (exact) mass is 251 g/mol. The second kappa shape index (κ2) is 5.87. The molecular formula is C14H21NO3. The molecule has 0 aromatic heterocycles. The molecule has 2 atom stereocenters. The Bertz CT molecular complexity index is 427. The van der Waals surface area contributed by atoms with Crippen molar-refractivity contribution in [1.82, 2.24) is 4.90 Å². The van der Waals surface area contributed by atoms with Gasteiger partial charge in [-0.25, -0.2) is 0 Å². The summed E-state index contributed by atoms with van der Waals surface area (Å²) in [5.74, 6) is 0.449. The quantitative estimate of drug-likeness (QED) is 0.889. The van der Waals surface area contributed by atoms with Gasteiger partial charge in [-0.3, -0.25) is 4.79 Å². The van der Waals surface area contributed by atoms with Crippen molar-refractivity contribution in [2.45, 2.75) is 33.0 Å². The molecule has 4 nitrogen and oxygen atoms in total. The number of aliphatic hydroxyl groups is 1. The lowest BCUT2D eigenvalue weighted by molar-refractivity contribution is -0.135. The molecule has 100 valence electrons. The number of ether oxygens (including phenoxy) is 1. The van der Waals surface area contributed by atoms with Gasteiger partial charge in [-0.1, -0.05) is 11.6 Å². The van der Waals surface area contributed by atoms with Gasteiger partial charge >= 0.3 is 0 Å². The second-order valence-electron chi connectivity index (χ2n) is 4.71. The molecule has 4 heteroatoms. The van der Waals surface area contributed by atoms with E-state index in [4.69, 9.17) is 4.74 Å². The molecule has 0 saturated heterocycles. The van der Waals surface area contributed by atoms with E-state index in [1.807, 2.05) is 19.1 Å². The van der Waals surface area contributed by atoms with Crippen LogP contribution in [0.5, 0.6) is 5.75 Å². The minimum absolute atomic E-state index is 0.105. The van der Waals surface area contributed by atoms with Crippen LogP contribution in [0.1, 0.15) is 31.1 Å². The molecule has 1 rings (SSSR count). The summed E-state index contributed by atoms with van der Waals surface area (Å²) in [6.07, 6.45) is -1.19. The fourth-order valence-corrected chi connectivity index (χ4v) is 1.71. The Labute approximate surface area is 108 Å². The summed E-state index contributed by atoms with van der Waals surface area (Å²) in [5.41, 5.74) is 1.75. The van der Waals surface area contributed by atoms with Crippen molar-refractivity contribution in [2.24, 2.45) is 0 Å². The van der Waals surface area contributed by atoms with Gasteiger partial charge in [-0.2, -0.15) is 0 Å². The number of rotatable bonds is 4. The van der Waals surface area contributed by atoms with Crippen molar-refractivity contribution in [2.75, 3.05) is 14.1 Å². The number of aliphatic hydroxyl groups excluding tert-OH is 1. The molecule has 18 heavy (non-hydrogen) atoms. The smallest absolute Gasteiger partial charge is 0.262 e. The summed E-state index contributed by atoms with van der Waals surface area (Å²) in [7, 11) is 3.37. The third-order valence-corrected chi connectivity index (χ3v) is 2.71. The molecule has 0 saturated carbocycles. The van der Waals surface area contributed by atoms with E-state index in [0.29, 0.717) is 11.3 Å². The number of nitrogens with zero attached hydrogens (tertiary/aromatic N) is 1. The predicted molar refractivity (Wildman–Crippen MR) is 70.6 cm³/mol. The van der Waals surface area contributed by atoms with Crippen LogP contribution in [-0.4, -0.2) is 36.1 Å². The number of amides is 1. The number of likely N-dealkylation sites (N-methyl/N-ethyl adjacent to an activating group) is 1. The topological polar surface area (TPSA) is 49.8 Å². The average Bonchev–Trinajstić information content (AvgIpc) is 2.29. The summed E-state index contributed by atoms with van der Waals surface area (Å²) in [5, 5.41) is 9.71. The van der Waals surface area contributed by atoms with Crippen molar-refractivity contribution in [3.63, 3.8) is 0 Å². The first kappa shape index (κ1) is 14.5. The SMILES string of the molecule is Cc1ccc(OC(C)C(=O)N(C)C)c([C@@H](C)O)c1. The van der Waals surface area contributed by atoms with Gasteiger partial charge in [-0.15, -0.1) is 0 Å². The van der Waals surface area contributed by atoms with Crippen molar-refractivity contribution in [1.29, 1.82) is 0 Å². The predicted octanol–water partition coefficient (Wildman–Crippen LogP) is 1.90. The Morgan fingerprint density at radius 3 is 2.44 bits per heavy atom. The maximum Gasteiger partial charge on any atom is 0.262 e. The van der Waals surface area contributed by atoms with E-state index in [0.717, 1.165) is 5.56 Å². The third kappa shape index (κ3) is 3.47. The number of carbonyl (C=O) groups is 1. The maximum absolute atomic E-state index is 11.7.